The van der Waals surface area contributed by atoms with Gasteiger partial charge < -0.3 is 15.3 Å². The highest BCUT2D eigenvalue weighted by Gasteiger charge is 2.50. The molecule has 0 saturated heterocycles. The van der Waals surface area contributed by atoms with E-state index in [4.69, 9.17) is 0 Å². The third-order valence-electron chi connectivity index (χ3n) is 9.64. The van der Waals surface area contributed by atoms with Crippen LogP contribution in [-0.2, 0) is 0 Å². The van der Waals surface area contributed by atoms with Crippen LogP contribution in [0.15, 0.2) is 35.5 Å². The van der Waals surface area contributed by atoms with Gasteiger partial charge in [-0.15, -0.1) is 0 Å². The van der Waals surface area contributed by atoms with E-state index in [-0.39, 0.29) is 0 Å². The van der Waals surface area contributed by atoms with Crippen molar-refractivity contribution in [3.05, 3.63) is 35.5 Å². The number of hydrogen-bond donors (Lipinski definition) is 3. The van der Waals surface area contributed by atoms with Crippen LogP contribution in [0.25, 0.3) is 0 Å². The second-order valence-electron chi connectivity index (χ2n) is 11.5. The minimum atomic E-state index is -0.616. The quantitative estimate of drug-likeness (QED) is 0.375. The van der Waals surface area contributed by atoms with Crippen LogP contribution in [0.3, 0.4) is 0 Å². The lowest BCUT2D eigenvalue weighted by molar-refractivity contribution is 0.0178. The van der Waals surface area contributed by atoms with Gasteiger partial charge in [-0.3, -0.25) is 0 Å². The molecule has 0 heterocycles. The van der Waals surface area contributed by atoms with Gasteiger partial charge in [0.05, 0.1) is 17.8 Å². The molecule has 3 unspecified atom stereocenters. The summed E-state index contributed by atoms with van der Waals surface area (Å²) < 4.78 is 0. The summed E-state index contributed by atoms with van der Waals surface area (Å²) in [5, 5.41) is 31.0. The maximum atomic E-state index is 10.6. The first-order valence-corrected chi connectivity index (χ1v) is 13.3. The number of aliphatic hydroxyl groups excluding tert-OH is 2. The SMILES string of the molecule is C=C1[C@H](O)CC(=CC=C2CCC[C@@]3(C)C2CCC3C(C)CCCC(O)(CC)CC)C[C@H]1O. The van der Waals surface area contributed by atoms with Crippen molar-refractivity contribution in [1.29, 1.82) is 0 Å². The smallest absolute Gasteiger partial charge is 0.0809 e. The normalized spacial score (nSPS) is 35.8. The van der Waals surface area contributed by atoms with Crippen molar-refractivity contribution in [1.82, 2.24) is 0 Å². The summed E-state index contributed by atoms with van der Waals surface area (Å²) in [5.74, 6) is 2.13. The first-order chi connectivity index (χ1) is 15.1. The Morgan fingerprint density at radius 1 is 1.12 bits per heavy atom. The van der Waals surface area contributed by atoms with Gasteiger partial charge >= 0.3 is 0 Å². The van der Waals surface area contributed by atoms with Gasteiger partial charge in [-0.25, -0.2) is 0 Å². The lowest BCUT2D eigenvalue weighted by atomic mass is 9.60. The van der Waals surface area contributed by atoms with E-state index in [0.29, 0.717) is 35.7 Å². The van der Waals surface area contributed by atoms with E-state index in [1.165, 1.54) is 38.5 Å². The van der Waals surface area contributed by atoms with Gasteiger partial charge in [0.25, 0.3) is 0 Å². The molecule has 0 aromatic carbocycles. The Balaban J connectivity index is 1.65. The molecule has 32 heavy (non-hydrogen) atoms. The van der Waals surface area contributed by atoms with Crippen molar-refractivity contribution in [2.45, 2.75) is 123 Å². The Morgan fingerprint density at radius 3 is 2.41 bits per heavy atom. The molecule has 0 spiro atoms. The summed E-state index contributed by atoms with van der Waals surface area (Å²) in [7, 11) is 0. The van der Waals surface area contributed by atoms with E-state index in [9.17, 15) is 15.3 Å². The van der Waals surface area contributed by atoms with Gasteiger partial charge in [0.1, 0.15) is 0 Å². The maximum Gasteiger partial charge on any atom is 0.0809 e. The molecule has 3 aliphatic rings. The van der Waals surface area contributed by atoms with E-state index in [0.717, 1.165) is 37.2 Å². The minimum Gasteiger partial charge on any atom is -0.390 e. The third-order valence-corrected chi connectivity index (χ3v) is 9.64. The van der Waals surface area contributed by atoms with Gasteiger partial charge in [-0.2, -0.15) is 0 Å². The Kier molecular flexibility index (Phi) is 8.50. The molecule has 0 amide bonds. The van der Waals surface area contributed by atoms with E-state index in [1.807, 2.05) is 0 Å². The van der Waals surface area contributed by atoms with Crippen LogP contribution in [0, 0.1) is 23.2 Å². The summed E-state index contributed by atoms with van der Waals surface area (Å²) in [5.41, 5.74) is 3.19. The van der Waals surface area contributed by atoms with Gasteiger partial charge in [0.15, 0.2) is 0 Å². The maximum absolute atomic E-state index is 10.6. The van der Waals surface area contributed by atoms with Gasteiger partial charge in [-0.1, -0.05) is 70.4 Å². The monoisotopic (exact) mass is 444 g/mol. The van der Waals surface area contributed by atoms with Crippen LogP contribution in [-0.4, -0.2) is 33.1 Å². The fourth-order valence-corrected chi connectivity index (χ4v) is 7.20. The number of aliphatic hydroxyl groups is 3. The molecule has 3 rings (SSSR count). The largest absolute Gasteiger partial charge is 0.390 e. The Morgan fingerprint density at radius 2 is 1.78 bits per heavy atom. The third kappa shape index (κ3) is 5.42. The summed E-state index contributed by atoms with van der Waals surface area (Å²) in [6.07, 6.45) is 15.9. The van der Waals surface area contributed by atoms with Gasteiger partial charge in [-0.05, 0) is 93.0 Å². The van der Waals surface area contributed by atoms with E-state index < -0.39 is 17.8 Å². The predicted octanol–water partition coefficient (Wildman–Crippen LogP) is 6.48. The highest BCUT2D eigenvalue weighted by molar-refractivity contribution is 5.29. The van der Waals surface area contributed by atoms with Crippen molar-refractivity contribution >= 4 is 0 Å². The van der Waals surface area contributed by atoms with Crippen LogP contribution in [0.1, 0.15) is 105 Å². The van der Waals surface area contributed by atoms with Crippen molar-refractivity contribution < 1.29 is 15.3 Å². The highest BCUT2D eigenvalue weighted by atomic mass is 16.3. The fraction of sp³-hybridized carbons (Fsp3) is 0.793. The zero-order valence-electron chi connectivity index (χ0n) is 21.1. The van der Waals surface area contributed by atoms with Crippen molar-refractivity contribution in [3.63, 3.8) is 0 Å². The molecule has 0 aromatic heterocycles. The van der Waals surface area contributed by atoms with Crippen LogP contribution in [0.2, 0.25) is 0 Å². The lowest BCUT2D eigenvalue weighted by Crippen LogP contribution is -2.36. The van der Waals surface area contributed by atoms with Crippen molar-refractivity contribution in [2.24, 2.45) is 23.2 Å². The average molecular weight is 445 g/mol. The van der Waals surface area contributed by atoms with Gasteiger partial charge in [0, 0.05) is 0 Å². The van der Waals surface area contributed by atoms with Crippen molar-refractivity contribution in [2.75, 3.05) is 0 Å². The molecule has 3 fully saturated rings. The Labute approximate surface area is 196 Å². The van der Waals surface area contributed by atoms with Crippen molar-refractivity contribution in [3.8, 4) is 0 Å². The van der Waals surface area contributed by atoms with E-state index in [2.05, 4.69) is 46.4 Å². The standard InChI is InChI=1S/C29H48O3/c1-6-29(32,7-2)17-8-10-20(3)24-14-15-25-23(11-9-16-28(24,25)5)13-12-22-18-26(30)21(4)27(31)19-22/h12-13,20,24-27,30-32H,4,6-11,14-19H2,1-3,5H3/t20?,24?,25?,26-,27-,28-/m1/s1. The number of rotatable bonds is 8. The van der Waals surface area contributed by atoms with E-state index in [1.54, 1.807) is 5.57 Å². The molecule has 3 heteroatoms. The molecule has 0 radical (unpaired) electrons. The first kappa shape index (κ1) is 25.7. The summed E-state index contributed by atoms with van der Waals surface area (Å²) in [4.78, 5) is 0. The number of allylic oxidation sites excluding steroid dienone is 3. The molecule has 3 N–H and O–H groups in total. The molecule has 182 valence electrons. The van der Waals surface area contributed by atoms with Crippen LogP contribution < -0.4 is 0 Å². The number of fused-ring (bicyclic) bond motifs is 1. The average Bonchev–Trinajstić information content (AvgIpc) is 3.13. The zero-order chi connectivity index (χ0) is 23.5. The topological polar surface area (TPSA) is 60.7 Å². The Hall–Kier alpha value is -0.900. The summed E-state index contributed by atoms with van der Waals surface area (Å²) in [6.45, 7) is 13.0. The van der Waals surface area contributed by atoms with Crippen LogP contribution in [0.5, 0.6) is 0 Å². The first-order valence-electron chi connectivity index (χ1n) is 13.3. The molecule has 0 bridgehead atoms. The molecule has 3 aliphatic carbocycles. The molecule has 0 aliphatic heterocycles. The Bertz CT molecular complexity index is 700. The fourth-order valence-electron chi connectivity index (χ4n) is 7.20. The molecule has 3 nitrogen and oxygen atoms in total. The van der Waals surface area contributed by atoms with E-state index >= 15 is 0 Å². The molecule has 3 saturated carbocycles. The lowest BCUT2D eigenvalue weighted by Gasteiger charge is -2.44. The zero-order valence-corrected chi connectivity index (χ0v) is 21.1. The minimum absolute atomic E-state index is 0.383. The number of hydrogen-bond acceptors (Lipinski definition) is 3. The summed E-state index contributed by atoms with van der Waals surface area (Å²) >= 11 is 0. The summed E-state index contributed by atoms with van der Waals surface area (Å²) in [6, 6.07) is 0. The van der Waals surface area contributed by atoms with Crippen LogP contribution >= 0.6 is 0 Å². The predicted molar refractivity (Wildman–Crippen MR) is 133 cm³/mol. The molecular weight excluding hydrogens is 396 g/mol. The second kappa shape index (κ2) is 10.6. The van der Waals surface area contributed by atoms with Crippen LogP contribution in [0.4, 0.5) is 0 Å². The molecule has 0 aromatic rings. The second-order valence-corrected chi connectivity index (χ2v) is 11.5. The highest BCUT2D eigenvalue weighted by Crippen LogP contribution is 2.60. The molecular formula is C29H48O3. The molecule has 6 atom stereocenters. The van der Waals surface area contributed by atoms with Gasteiger partial charge in [0.2, 0.25) is 0 Å².